The van der Waals surface area contributed by atoms with Crippen LogP contribution >= 0.6 is 0 Å². The normalized spacial score (nSPS) is 21.3. The molecule has 3 N–H and O–H groups in total. The molecular weight excluding hydrogens is 325 g/mol. The second-order valence-electron chi connectivity index (χ2n) is 5.79. The van der Waals surface area contributed by atoms with Gasteiger partial charge in [0.05, 0.1) is 0 Å². The van der Waals surface area contributed by atoms with E-state index in [1.54, 1.807) is 4.90 Å². The number of alkyl halides is 3. The number of halogens is 3. The highest BCUT2D eigenvalue weighted by Gasteiger charge is 2.59. The van der Waals surface area contributed by atoms with Crippen LogP contribution in [0.3, 0.4) is 0 Å². The third-order valence-electron chi connectivity index (χ3n) is 3.84. The van der Waals surface area contributed by atoms with Crippen LogP contribution in [0.25, 0.3) is 0 Å². The number of carbonyl (C=O) groups is 2. The third-order valence-corrected chi connectivity index (χ3v) is 3.84. The monoisotopic (exact) mass is 344 g/mol. The lowest BCUT2D eigenvalue weighted by atomic mass is 9.98. The quantitative estimate of drug-likeness (QED) is 0.729. The van der Waals surface area contributed by atoms with Crippen LogP contribution in [-0.2, 0) is 11.3 Å². The van der Waals surface area contributed by atoms with Gasteiger partial charge in [-0.1, -0.05) is 30.3 Å². The van der Waals surface area contributed by atoms with Crippen LogP contribution in [0.15, 0.2) is 30.3 Å². The van der Waals surface area contributed by atoms with E-state index in [9.17, 15) is 22.8 Å². The van der Waals surface area contributed by atoms with E-state index < -0.39 is 23.7 Å². The second-order valence-corrected chi connectivity index (χ2v) is 5.79. The number of amides is 3. The summed E-state index contributed by atoms with van der Waals surface area (Å²) in [6, 6.07) is 8.06. The Kier molecular flexibility index (Phi) is 5.33. The summed E-state index contributed by atoms with van der Waals surface area (Å²) in [5, 5.41) is 1.97. The van der Waals surface area contributed by atoms with Crippen LogP contribution in [0.5, 0.6) is 0 Å². The van der Waals surface area contributed by atoms with Crippen LogP contribution < -0.4 is 16.2 Å². The Morgan fingerprint density at radius 2 is 1.88 bits per heavy atom. The molecule has 1 aromatic carbocycles. The number of nitrogens with zero attached hydrogens (tertiary/aromatic N) is 1. The standard InChI is InChI=1S/C15H19F3N4O2/c1-11(23)20-21-13(24)19-14(15(16,17)18)7-8-22(10-14)9-12-5-3-2-4-6-12/h2-6H,7-10H2,1H3,(H,20,23)(H2,19,21,24). The molecule has 1 saturated heterocycles. The summed E-state index contributed by atoms with van der Waals surface area (Å²) in [5.74, 6) is -0.580. The maximum atomic E-state index is 13.5. The molecule has 1 heterocycles. The first-order chi connectivity index (χ1) is 11.2. The van der Waals surface area contributed by atoms with Gasteiger partial charge in [-0.05, 0) is 12.0 Å². The summed E-state index contributed by atoms with van der Waals surface area (Å²) < 4.78 is 40.6. The second kappa shape index (κ2) is 7.08. The lowest BCUT2D eigenvalue weighted by molar-refractivity contribution is -0.189. The van der Waals surface area contributed by atoms with Crippen molar-refractivity contribution in [2.24, 2.45) is 0 Å². The van der Waals surface area contributed by atoms with E-state index in [4.69, 9.17) is 0 Å². The fourth-order valence-corrected chi connectivity index (χ4v) is 2.66. The van der Waals surface area contributed by atoms with Gasteiger partial charge in [0.1, 0.15) is 0 Å². The van der Waals surface area contributed by atoms with E-state index in [1.807, 2.05) is 46.5 Å². The van der Waals surface area contributed by atoms with Crippen molar-refractivity contribution in [3.8, 4) is 0 Å². The van der Waals surface area contributed by atoms with Crippen LogP contribution in [0.2, 0.25) is 0 Å². The molecule has 0 aromatic heterocycles. The first-order valence-electron chi connectivity index (χ1n) is 7.40. The molecule has 1 aromatic rings. The third kappa shape index (κ3) is 4.38. The Morgan fingerprint density at radius 1 is 1.21 bits per heavy atom. The molecule has 1 atom stereocenters. The van der Waals surface area contributed by atoms with E-state index in [0.29, 0.717) is 6.54 Å². The molecule has 0 spiro atoms. The highest BCUT2D eigenvalue weighted by atomic mass is 19.4. The van der Waals surface area contributed by atoms with Gasteiger partial charge < -0.3 is 5.32 Å². The van der Waals surface area contributed by atoms with Crippen molar-refractivity contribution in [2.45, 2.75) is 31.6 Å². The molecule has 24 heavy (non-hydrogen) atoms. The molecule has 1 fully saturated rings. The minimum absolute atomic E-state index is 0.203. The van der Waals surface area contributed by atoms with Gasteiger partial charge in [-0.3, -0.25) is 15.1 Å². The molecular formula is C15H19F3N4O2. The number of nitrogens with one attached hydrogen (secondary N) is 3. The summed E-state index contributed by atoms with van der Waals surface area (Å²) >= 11 is 0. The summed E-state index contributed by atoms with van der Waals surface area (Å²) in [5.41, 5.74) is 2.42. The van der Waals surface area contributed by atoms with E-state index in [-0.39, 0.29) is 19.5 Å². The molecule has 9 heteroatoms. The van der Waals surface area contributed by atoms with Crippen LogP contribution in [-0.4, -0.2) is 41.6 Å². The SMILES string of the molecule is CC(=O)NNC(=O)NC1(C(F)(F)F)CCN(Cc2ccccc2)C1. The summed E-state index contributed by atoms with van der Waals surface area (Å²) in [4.78, 5) is 24.0. The molecule has 2 rings (SSSR count). The topological polar surface area (TPSA) is 73.5 Å². The van der Waals surface area contributed by atoms with Crippen molar-refractivity contribution in [3.05, 3.63) is 35.9 Å². The number of rotatable bonds is 3. The Morgan fingerprint density at radius 3 is 2.46 bits per heavy atom. The van der Waals surface area contributed by atoms with Crippen molar-refractivity contribution in [1.29, 1.82) is 0 Å². The number of hydrazine groups is 1. The molecule has 0 bridgehead atoms. The largest absolute Gasteiger partial charge is 0.412 e. The Labute approximate surface area is 137 Å². The van der Waals surface area contributed by atoms with Crippen molar-refractivity contribution < 1.29 is 22.8 Å². The van der Waals surface area contributed by atoms with Gasteiger partial charge in [0.2, 0.25) is 5.91 Å². The molecule has 1 aliphatic heterocycles. The first-order valence-corrected chi connectivity index (χ1v) is 7.40. The highest BCUT2D eigenvalue weighted by molar-refractivity contribution is 5.80. The van der Waals surface area contributed by atoms with Crippen molar-refractivity contribution in [3.63, 3.8) is 0 Å². The molecule has 1 aliphatic rings. The van der Waals surface area contributed by atoms with Gasteiger partial charge in [-0.25, -0.2) is 10.2 Å². The zero-order valence-electron chi connectivity index (χ0n) is 13.1. The maximum absolute atomic E-state index is 13.5. The van der Waals surface area contributed by atoms with E-state index in [0.717, 1.165) is 12.5 Å². The highest BCUT2D eigenvalue weighted by Crippen LogP contribution is 2.38. The van der Waals surface area contributed by atoms with Gasteiger partial charge in [0.25, 0.3) is 0 Å². The van der Waals surface area contributed by atoms with Gasteiger partial charge in [-0.2, -0.15) is 13.2 Å². The van der Waals surface area contributed by atoms with E-state index >= 15 is 0 Å². The van der Waals surface area contributed by atoms with Crippen molar-refractivity contribution >= 4 is 11.9 Å². The predicted octanol–water partition coefficient (Wildman–Crippen LogP) is 1.54. The first kappa shape index (κ1) is 18.1. The lowest BCUT2D eigenvalue weighted by Crippen LogP contribution is -2.63. The Balaban J connectivity index is 2.04. The average Bonchev–Trinajstić information content (AvgIpc) is 2.90. The average molecular weight is 344 g/mol. The number of benzene rings is 1. The zero-order valence-corrected chi connectivity index (χ0v) is 13.1. The van der Waals surface area contributed by atoms with Gasteiger partial charge in [0.15, 0.2) is 5.54 Å². The Bertz CT molecular complexity index is 594. The summed E-state index contributed by atoms with van der Waals surface area (Å²) in [6.07, 6.45) is -4.86. The van der Waals surface area contributed by atoms with E-state index in [2.05, 4.69) is 0 Å². The van der Waals surface area contributed by atoms with Crippen molar-refractivity contribution in [2.75, 3.05) is 13.1 Å². The fourth-order valence-electron chi connectivity index (χ4n) is 2.66. The lowest BCUT2D eigenvalue weighted by Gasteiger charge is -2.32. The minimum atomic E-state index is -4.61. The zero-order chi connectivity index (χ0) is 17.8. The molecule has 3 amide bonds. The predicted molar refractivity (Wildman–Crippen MR) is 80.6 cm³/mol. The molecule has 0 radical (unpaired) electrons. The molecule has 1 unspecified atom stereocenters. The molecule has 0 aliphatic carbocycles. The fraction of sp³-hybridized carbons (Fsp3) is 0.467. The van der Waals surface area contributed by atoms with E-state index in [1.165, 1.54) is 0 Å². The van der Waals surface area contributed by atoms with Gasteiger partial charge in [0, 0.05) is 26.6 Å². The number of hydrogen-bond acceptors (Lipinski definition) is 3. The van der Waals surface area contributed by atoms with Gasteiger partial charge in [-0.15, -0.1) is 0 Å². The smallest absolute Gasteiger partial charge is 0.321 e. The Hall–Kier alpha value is -2.29. The number of carbonyl (C=O) groups excluding carboxylic acids is 2. The molecule has 132 valence electrons. The minimum Gasteiger partial charge on any atom is -0.321 e. The summed E-state index contributed by atoms with van der Waals surface area (Å²) in [6.45, 7) is 1.36. The van der Waals surface area contributed by atoms with Crippen LogP contribution in [0.4, 0.5) is 18.0 Å². The number of likely N-dealkylation sites (tertiary alicyclic amines) is 1. The van der Waals surface area contributed by atoms with Crippen LogP contribution in [0, 0.1) is 0 Å². The van der Waals surface area contributed by atoms with Crippen LogP contribution in [0.1, 0.15) is 18.9 Å². The maximum Gasteiger partial charge on any atom is 0.412 e. The number of hydrogen-bond donors (Lipinski definition) is 3. The summed E-state index contributed by atoms with van der Waals surface area (Å²) in [7, 11) is 0. The van der Waals surface area contributed by atoms with Crippen molar-refractivity contribution in [1.82, 2.24) is 21.1 Å². The molecule has 6 nitrogen and oxygen atoms in total. The number of urea groups is 1. The van der Waals surface area contributed by atoms with Gasteiger partial charge >= 0.3 is 12.2 Å². The molecule has 0 saturated carbocycles.